The summed E-state index contributed by atoms with van der Waals surface area (Å²) in [5, 5.41) is 11.1. The Morgan fingerprint density at radius 1 is 1.00 bits per heavy atom. The summed E-state index contributed by atoms with van der Waals surface area (Å²) in [6, 6.07) is 17.6. The summed E-state index contributed by atoms with van der Waals surface area (Å²) in [7, 11) is 0. The van der Waals surface area contributed by atoms with Crippen LogP contribution in [-0.4, -0.2) is 21.8 Å². The van der Waals surface area contributed by atoms with Gasteiger partial charge in [-0.05, 0) is 48.2 Å². The fourth-order valence-corrected chi connectivity index (χ4v) is 3.83. The van der Waals surface area contributed by atoms with Crippen molar-refractivity contribution in [3.05, 3.63) is 101 Å². The number of carbonyl (C=O) groups excluding carboxylic acids is 2. The molecule has 1 unspecified atom stereocenters. The number of carbonyl (C=O) groups is 2. The largest absolute Gasteiger partial charge is 0.507 e. The monoisotopic (exact) mass is 398 g/mol. The summed E-state index contributed by atoms with van der Waals surface area (Å²) in [4.78, 5) is 31.7. The van der Waals surface area contributed by atoms with Crippen LogP contribution in [0.4, 0.5) is 5.69 Å². The molecule has 1 amide bonds. The molecule has 0 bridgehead atoms. The van der Waals surface area contributed by atoms with Crippen LogP contribution in [0.25, 0.3) is 5.76 Å². The second-order valence-corrected chi connectivity index (χ2v) is 7.29. The van der Waals surface area contributed by atoms with Gasteiger partial charge in [0.05, 0.1) is 11.6 Å². The summed E-state index contributed by atoms with van der Waals surface area (Å²) in [6.45, 7) is 3.94. The highest BCUT2D eigenvalue weighted by Crippen LogP contribution is 2.42. The SMILES string of the molecule is CCc1ccc(/C(O)=C2\C(=O)C(=O)N(c3ccccc3C)C2c2ccncc2)cc1. The van der Waals surface area contributed by atoms with Crippen LogP contribution in [-0.2, 0) is 16.0 Å². The van der Waals surface area contributed by atoms with E-state index in [2.05, 4.69) is 4.98 Å². The van der Waals surface area contributed by atoms with E-state index in [-0.39, 0.29) is 11.3 Å². The quantitative estimate of drug-likeness (QED) is 0.397. The number of Topliss-reactive ketones (excluding diaryl/α,β-unsaturated/α-hetero) is 1. The van der Waals surface area contributed by atoms with Crippen molar-refractivity contribution in [3.8, 4) is 0 Å². The lowest BCUT2D eigenvalue weighted by Gasteiger charge is -2.26. The van der Waals surface area contributed by atoms with Gasteiger partial charge in [-0.2, -0.15) is 0 Å². The number of rotatable bonds is 4. The predicted molar refractivity (Wildman–Crippen MR) is 116 cm³/mol. The number of para-hydroxylation sites is 1. The molecule has 0 radical (unpaired) electrons. The van der Waals surface area contributed by atoms with E-state index in [9.17, 15) is 14.7 Å². The molecule has 4 rings (SSSR count). The van der Waals surface area contributed by atoms with Gasteiger partial charge in [-0.3, -0.25) is 19.5 Å². The topological polar surface area (TPSA) is 70.5 Å². The zero-order chi connectivity index (χ0) is 21.3. The first kappa shape index (κ1) is 19.6. The van der Waals surface area contributed by atoms with E-state index in [4.69, 9.17) is 0 Å². The van der Waals surface area contributed by atoms with Crippen molar-refractivity contribution in [1.82, 2.24) is 4.98 Å². The number of amides is 1. The van der Waals surface area contributed by atoms with Gasteiger partial charge in [-0.25, -0.2) is 0 Å². The Kier molecular flexibility index (Phi) is 5.19. The second-order valence-electron chi connectivity index (χ2n) is 7.29. The third-order valence-electron chi connectivity index (χ3n) is 5.48. The van der Waals surface area contributed by atoms with Gasteiger partial charge in [0.15, 0.2) is 0 Å². The maximum Gasteiger partial charge on any atom is 0.300 e. The number of benzene rings is 2. The van der Waals surface area contributed by atoms with Crippen molar-refractivity contribution >= 4 is 23.1 Å². The van der Waals surface area contributed by atoms with Crippen LogP contribution in [0.5, 0.6) is 0 Å². The van der Waals surface area contributed by atoms with Crippen LogP contribution in [0, 0.1) is 6.92 Å². The summed E-state index contributed by atoms with van der Waals surface area (Å²) < 4.78 is 0. The van der Waals surface area contributed by atoms with Crippen molar-refractivity contribution in [2.24, 2.45) is 0 Å². The van der Waals surface area contributed by atoms with E-state index in [1.54, 1.807) is 36.7 Å². The molecule has 1 N–H and O–H groups in total. The maximum absolute atomic E-state index is 13.1. The third-order valence-corrected chi connectivity index (χ3v) is 5.48. The van der Waals surface area contributed by atoms with Gasteiger partial charge in [0.25, 0.3) is 11.7 Å². The van der Waals surface area contributed by atoms with Gasteiger partial charge in [-0.1, -0.05) is 49.4 Å². The molecule has 1 fully saturated rings. The number of hydrogen-bond acceptors (Lipinski definition) is 4. The number of aliphatic hydroxyl groups is 1. The molecule has 1 saturated heterocycles. The van der Waals surface area contributed by atoms with E-state index in [0.717, 1.165) is 17.5 Å². The van der Waals surface area contributed by atoms with E-state index in [0.29, 0.717) is 16.8 Å². The fraction of sp³-hybridized carbons (Fsp3) is 0.160. The molecule has 1 aromatic heterocycles. The van der Waals surface area contributed by atoms with E-state index in [1.807, 2.05) is 50.2 Å². The molecule has 1 aliphatic heterocycles. The Morgan fingerprint density at radius 3 is 2.30 bits per heavy atom. The number of pyridine rings is 1. The summed E-state index contributed by atoms with van der Waals surface area (Å²) in [5.41, 5.74) is 3.93. The molecule has 0 spiro atoms. The molecule has 150 valence electrons. The third kappa shape index (κ3) is 3.28. The Morgan fingerprint density at radius 2 is 1.67 bits per heavy atom. The zero-order valence-corrected chi connectivity index (χ0v) is 16.9. The number of aromatic nitrogens is 1. The minimum Gasteiger partial charge on any atom is -0.507 e. The summed E-state index contributed by atoms with van der Waals surface area (Å²) >= 11 is 0. The van der Waals surface area contributed by atoms with E-state index >= 15 is 0 Å². The molecular formula is C25H22N2O3. The number of anilines is 1. The highest BCUT2D eigenvalue weighted by atomic mass is 16.3. The highest BCUT2D eigenvalue weighted by molar-refractivity contribution is 6.51. The lowest BCUT2D eigenvalue weighted by molar-refractivity contribution is -0.132. The van der Waals surface area contributed by atoms with Crippen LogP contribution in [0.2, 0.25) is 0 Å². The Bertz CT molecular complexity index is 1130. The molecule has 0 saturated carbocycles. The molecule has 3 aromatic rings. The van der Waals surface area contributed by atoms with Gasteiger partial charge in [0.2, 0.25) is 0 Å². The van der Waals surface area contributed by atoms with Gasteiger partial charge < -0.3 is 5.11 Å². The molecule has 2 heterocycles. The van der Waals surface area contributed by atoms with Crippen LogP contribution in [0.3, 0.4) is 0 Å². The van der Waals surface area contributed by atoms with Gasteiger partial charge in [-0.15, -0.1) is 0 Å². The zero-order valence-electron chi connectivity index (χ0n) is 16.9. The van der Waals surface area contributed by atoms with Crippen molar-refractivity contribution in [3.63, 3.8) is 0 Å². The lowest BCUT2D eigenvalue weighted by atomic mass is 9.95. The van der Waals surface area contributed by atoms with Crippen LogP contribution in [0.15, 0.2) is 78.6 Å². The first-order valence-corrected chi connectivity index (χ1v) is 9.88. The molecule has 5 heteroatoms. The van der Waals surface area contributed by atoms with Gasteiger partial charge in [0.1, 0.15) is 5.76 Å². The van der Waals surface area contributed by atoms with Gasteiger partial charge >= 0.3 is 0 Å². The molecule has 1 aliphatic rings. The average Bonchev–Trinajstić information content (AvgIpc) is 3.05. The Labute approximate surface area is 175 Å². The van der Waals surface area contributed by atoms with Crippen LogP contribution in [0.1, 0.15) is 35.2 Å². The molecular weight excluding hydrogens is 376 g/mol. The number of aliphatic hydroxyl groups excluding tert-OH is 1. The first-order valence-electron chi connectivity index (χ1n) is 9.88. The van der Waals surface area contributed by atoms with E-state index < -0.39 is 17.7 Å². The molecule has 30 heavy (non-hydrogen) atoms. The van der Waals surface area contributed by atoms with Crippen LogP contribution >= 0.6 is 0 Å². The van der Waals surface area contributed by atoms with Crippen molar-refractivity contribution in [2.75, 3.05) is 4.90 Å². The number of hydrogen-bond donors (Lipinski definition) is 1. The predicted octanol–water partition coefficient (Wildman–Crippen LogP) is 4.58. The van der Waals surface area contributed by atoms with Crippen molar-refractivity contribution < 1.29 is 14.7 Å². The molecule has 5 nitrogen and oxygen atoms in total. The maximum atomic E-state index is 13.1. The fourth-order valence-electron chi connectivity index (χ4n) is 3.83. The highest BCUT2D eigenvalue weighted by Gasteiger charge is 2.47. The first-order chi connectivity index (χ1) is 14.5. The minimum atomic E-state index is -0.736. The number of ketones is 1. The number of aryl methyl sites for hydroxylation is 2. The van der Waals surface area contributed by atoms with E-state index in [1.165, 1.54) is 4.90 Å². The second kappa shape index (κ2) is 7.95. The lowest BCUT2D eigenvalue weighted by Crippen LogP contribution is -2.30. The molecule has 0 aliphatic carbocycles. The molecule has 1 atom stereocenters. The average molecular weight is 398 g/mol. The Hall–Kier alpha value is -3.73. The van der Waals surface area contributed by atoms with Gasteiger partial charge in [0, 0.05) is 23.6 Å². The smallest absolute Gasteiger partial charge is 0.300 e. The summed E-state index contributed by atoms with van der Waals surface area (Å²) in [6.07, 6.45) is 4.10. The minimum absolute atomic E-state index is 0.0821. The van der Waals surface area contributed by atoms with Crippen molar-refractivity contribution in [2.45, 2.75) is 26.3 Å². The standard InChI is InChI=1S/C25H22N2O3/c1-3-17-8-10-19(11-9-17)23(28)21-22(18-12-14-26-15-13-18)27(25(30)24(21)29)20-7-5-4-6-16(20)2/h4-15,22,28H,3H2,1-2H3/b23-21+. The summed E-state index contributed by atoms with van der Waals surface area (Å²) in [5.74, 6) is -1.52. The molecule has 2 aromatic carbocycles. The van der Waals surface area contributed by atoms with Crippen LogP contribution < -0.4 is 4.90 Å². The van der Waals surface area contributed by atoms with Crippen molar-refractivity contribution in [1.29, 1.82) is 0 Å². The normalized spacial score (nSPS) is 18.1. The number of nitrogens with zero attached hydrogens (tertiary/aromatic N) is 2. The Balaban J connectivity index is 1.93.